The number of anilines is 1. The van der Waals surface area contributed by atoms with Crippen molar-refractivity contribution < 1.29 is 23.8 Å². The Morgan fingerprint density at radius 3 is 2.76 bits per heavy atom. The highest BCUT2D eigenvalue weighted by Gasteiger charge is 2.15. The average molecular weight is 243 g/mol. The van der Waals surface area contributed by atoms with E-state index in [2.05, 4.69) is 10.1 Å². The van der Waals surface area contributed by atoms with Gasteiger partial charge in [0.15, 0.2) is 11.6 Å². The van der Waals surface area contributed by atoms with Crippen LogP contribution in [0.5, 0.6) is 5.75 Å². The Labute approximate surface area is 98.2 Å². The number of esters is 1. The first-order valence-corrected chi connectivity index (χ1v) is 4.93. The number of aromatic hydroxyl groups is 1. The first-order valence-electron chi connectivity index (χ1n) is 4.93. The molecule has 1 aromatic carbocycles. The van der Waals surface area contributed by atoms with Crippen molar-refractivity contribution in [1.82, 2.24) is 0 Å². The van der Waals surface area contributed by atoms with Crippen molar-refractivity contribution in [2.24, 2.45) is 0 Å². The molecule has 5 nitrogen and oxygen atoms in total. The molecule has 0 bridgehead atoms. The standard InChI is InChI=1S/C11H14FNO4/c1-16-4-3-13-9-6-8(12)10(14)5-7(9)11(15)17-2/h5-6,13-14H,3-4H2,1-2H3. The van der Waals surface area contributed by atoms with Crippen LogP contribution < -0.4 is 5.32 Å². The minimum atomic E-state index is -0.808. The van der Waals surface area contributed by atoms with Crippen molar-refractivity contribution >= 4 is 11.7 Å². The molecule has 0 atom stereocenters. The molecule has 0 amide bonds. The SMILES string of the molecule is COCCNc1cc(F)c(O)cc1C(=O)OC. The maximum absolute atomic E-state index is 13.2. The van der Waals surface area contributed by atoms with Gasteiger partial charge in [-0.05, 0) is 6.07 Å². The van der Waals surface area contributed by atoms with Crippen molar-refractivity contribution in [2.45, 2.75) is 0 Å². The summed E-state index contributed by atoms with van der Waals surface area (Å²) in [6, 6.07) is 2.06. The van der Waals surface area contributed by atoms with Crippen molar-refractivity contribution in [2.75, 3.05) is 32.7 Å². The van der Waals surface area contributed by atoms with Crippen LogP contribution in [0.15, 0.2) is 12.1 Å². The first-order chi connectivity index (χ1) is 8.10. The first kappa shape index (κ1) is 13.2. The van der Waals surface area contributed by atoms with Gasteiger partial charge in [0.1, 0.15) is 0 Å². The number of methoxy groups -OCH3 is 2. The van der Waals surface area contributed by atoms with Crippen LogP contribution in [0.1, 0.15) is 10.4 Å². The highest BCUT2D eigenvalue weighted by molar-refractivity contribution is 5.96. The lowest BCUT2D eigenvalue weighted by molar-refractivity contribution is 0.0601. The van der Waals surface area contributed by atoms with Crippen molar-refractivity contribution in [3.8, 4) is 5.75 Å². The van der Waals surface area contributed by atoms with E-state index in [4.69, 9.17) is 4.74 Å². The molecular weight excluding hydrogens is 229 g/mol. The molecule has 0 saturated heterocycles. The van der Waals surface area contributed by atoms with Crippen LogP contribution in [0.3, 0.4) is 0 Å². The highest BCUT2D eigenvalue weighted by atomic mass is 19.1. The molecule has 17 heavy (non-hydrogen) atoms. The van der Waals surface area contributed by atoms with Crippen LogP contribution in [-0.2, 0) is 9.47 Å². The maximum atomic E-state index is 13.2. The van der Waals surface area contributed by atoms with Crippen LogP contribution >= 0.6 is 0 Å². The zero-order valence-electron chi connectivity index (χ0n) is 9.62. The fourth-order valence-corrected chi connectivity index (χ4v) is 1.27. The number of ether oxygens (including phenoxy) is 2. The molecule has 2 N–H and O–H groups in total. The Morgan fingerprint density at radius 2 is 2.18 bits per heavy atom. The second-order valence-electron chi connectivity index (χ2n) is 3.26. The molecule has 0 spiro atoms. The molecule has 0 fully saturated rings. The van der Waals surface area contributed by atoms with Gasteiger partial charge in [0, 0.05) is 19.7 Å². The van der Waals surface area contributed by atoms with E-state index in [1.54, 1.807) is 0 Å². The third-order valence-electron chi connectivity index (χ3n) is 2.11. The summed E-state index contributed by atoms with van der Waals surface area (Å²) < 4.78 is 22.5. The zero-order valence-corrected chi connectivity index (χ0v) is 9.62. The fraction of sp³-hybridized carbons (Fsp3) is 0.364. The van der Waals surface area contributed by atoms with Crippen LogP contribution in [0.4, 0.5) is 10.1 Å². The second kappa shape index (κ2) is 6.05. The van der Waals surface area contributed by atoms with Gasteiger partial charge in [-0.1, -0.05) is 0 Å². The minimum absolute atomic E-state index is 0.0718. The summed E-state index contributed by atoms with van der Waals surface area (Å²) in [5.41, 5.74) is 0.326. The van der Waals surface area contributed by atoms with Gasteiger partial charge in [0.05, 0.1) is 25.0 Å². The van der Waals surface area contributed by atoms with E-state index >= 15 is 0 Å². The van der Waals surface area contributed by atoms with Gasteiger partial charge in [-0.25, -0.2) is 9.18 Å². The number of rotatable bonds is 5. The lowest BCUT2D eigenvalue weighted by Gasteiger charge is -2.11. The number of carbonyl (C=O) groups is 1. The molecular formula is C11H14FNO4. The molecule has 0 aliphatic heterocycles. The summed E-state index contributed by atoms with van der Waals surface area (Å²) in [7, 11) is 2.74. The molecule has 6 heteroatoms. The molecule has 94 valence electrons. The third-order valence-corrected chi connectivity index (χ3v) is 2.11. The molecule has 0 unspecified atom stereocenters. The number of hydrogen-bond acceptors (Lipinski definition) is 5. The van der Waals surface area contributed by atoms with E-state index in [-0.39, 0.29) is 11.3 Å². The molecule has 0 aliphatic carbocycles. The molecule has 1 aromatic rings. The van der Waals surface area contributed by atoms with E-state index in [1.165, 1.54) is 14.2 Å². The van der Waals surface area contributed by atoms with Gasteiger partial charge < -0.3 is 19.9 Å². The Balaban J connectivity index is 2.99. The smallest absolute Gasteiger partial charge is 0.340 e. The lowest BCUT2D eigenvalue weighted by atomic mass is 10.1. The predicted molar refractivity (Wildman–Crippen MR) is 59.8 cm³/mol. The van der Waals surface area contributed by atoms with Gasteiger partial charge in [0.2, 0.25) is 0 Å². The number of nitrogens with one attached hydrogen (secondary N) is 1. The predicted octanol–water partition coefficient (Wildman–Crippen LogP) is 1.38. The van der Waals surface area contributed by atoms with Gasteiger partial charge in [-0.3, -0.25) is 0 Å². The number of halogens is 1. The Morgan fingerprint density at radius 1 is 1.47 bits per heavy atom. The van der Waals surface area contributed by atoms with Gasteiger partial charge >= 0.3 is 5.97 Å². The van der Waals surface area contributed by atoms with Crippen molar-refractivity contribution in [3.63, 3.8) is 0 Å². The van der Waals surface area contributed by atoms with Gasteiger partial charge in [-0.15, -0.1) is 0 Å². The number of phenolic OH excluding ortho intramolecular Hbond substituents is 1. The van der Waals surface area contributed by atoms with E-state index in [0.29, 0.717) is 13.2 Å². The fourth-order valence-electron chi connectivity index (χ4n) is 1.27. The Kier molecular flexibility index (Phi) is 4.71. The lowest BCUT2D eigenvalue weighted by Crippen LogP contribution is -2.12. The third kappa shape index (κ3) is 3.32. The van der Waals surface area contributed by atoms with Gasteiger partial charge in [-0.2, -0.15) is 0 Å². The molecule has 0 aliphatic rings. The monoisotopic (exact) mass is 243 g/mol. The number of hydrogen-bond donors (Lipinski definition) is 2. The van der Waals surface area contributed by atoms with E-state index < -0.39 is 17.5 Å². The minimum Gasteiger partial charge on any atom is -0.505 e. The average Bonchev–Trinajstić information content (AvgIpc) is 2.32. The van der Waals surface area contributed by atoms with E-state index in [1.807, 2.05) is 0 Å². The van der Waals surface area contributed by atoms with Crippen LogP contribution in [0, 0.1) is 5.82 Å². The number of phenols is 1. The molecule has 0 saturated carbocycles. The molecule has 0 radical (unpaired) electrons. The van der Waals surface area contributed by atoms with E-state index in [0.717, 1.165) is 12.1 Å². The summed E-state index contributed by atoms with van der Waals surface area (Å²) in [6.07, 6.45) is 0. The zero-order chi connectivity index (χ0) is 12.8. The summed E-state index contributed by atoms with van der Waals surface area (Å²) in [5.74, 6) is -2.06. The summed E-state index contributed by atoms with van der Waals surface area (Å²) in [6.45, 7) is 0.813. The largest absolute Gasteiger partial charge is 0.505 e. The Hall–Kier alpha value is -1.82. The normalized spacial score (nSPS) is 10.1. The highest BCUT2D eigenvalue weighted by Crippen LogP contribution is 2.25. The van der Waals surface area contributed by atoms with Crippen molar-refractivity contribution in [3.05, 3.63) is 23.5 Å². The van der Waals surface area contributed by atoms with Gasteiger partial charge in [0.25, 0.3) is 0 Å². The topological polar surface area (TPSA) is 67.8 Å². The van der Waals surface area contributed by atoms with Crippen LogP contribution in [0.25, 0.3) is 0 Å². The number of carbonyl (C=O) groups excluding carboxylic acids is 1. The Bertz CT molecular complexity index is 409. The summed E-state index contributed by atoms with van der Waals surface area (Å²) in [5, 5.41) is 12.0. The molecule has 0 heterocycles. The maximum Gasteiger partial charge on any atom is 0.340 e. The molecule has 0 aromatic heterocycles. The number of benzene rings is 1. The quantitative estimate of drug-likeness (QED) is 0.464. The van der Waals surface area contributed by atoms with Crippen molar-refractivity contribution in [1.29, 1.82) is 0 Å². The molecule has 1 rings (SSSR count). The van der Waals surface area contributed by atoms with Crippen LogP contribution in [-0.4, -0.2) is 38.4 Å². The second-order valence-corrected chi connectivity index (χ2v) is 3.26. The summed E-state index contributed by atoms with van der Waals surface area (Å²) >= 11 is 0. The van der Waals surface area contributed by atoms with E-state index in [9.17, 15) is 14.3 Å². The summed E-state index contributed by atoms with van der Waals surface area (Å²) in [4.78, 5) is 11.4. The van der Waals surface area contributed by atoms with Crippen LogP contribution in [0.2, 0.25) is 0 Å².